The Morgan fingerprint density at radius 1 is 1.15 bits per heavy atom. The van der Waals surface area contributed by atoms with Crippen LogP contribution in [0.1, 0.15) is 12.8 Å². The summed E-state index contributed by atoms with van der Waals surface area (Å²) in [5.41, 5.74) is 0.440. The zero-order chi connectivity index (χ0) is 18.6. The fourth-order valence-corrected chi connectivity index (χ4v) is 2.41. The van der Waals surface area contributed by atoms with E-state index in [-0.39, 0.29) is 6.01 Å². The number of rotatable bonds is 3. The van der Waals surface area contributed by atoms with Gasteiger partial charge in [0.2, 0.25) is 5.95 Å². The summed E-state index contributed by atoms with van der Waals surface area (Å²) in [4.78, 5) is 10.1. The number of hydrogen-bond acceptors (Lipinski definition) is 6. The lowest BCUT2D eigenvalue weighted by Gasteiger charge is -2.10. The smallest absolute Gasteiger partial charge is 0.422 e. The lowest BCUT2D eigenvalue weighted by Crippen LogP contribution is -2.19. The van der Waals surface area contributed by atoms with E-state index in [4.69, 9.17) is 0 Å². The maximum atomic E-state index is 11.8. The van der Waals surface area contributed by atoms with Gasteiger partial charge in [-0.2, -0.15) is 18.2 Å². The Balaban J connectivity index is 0.000000158. The second-order valence-electron chi connectivity index (χ2n) is 5.71. The van der Waals surface area contributed by atoms with Gasteiger partial charge in [-0.3, -0.25) is 4.68 Å². The molecular formula is C15H18F3N7O. The number of aryl methyl sites for hydroxylation is 1. The standard InChI is InChI=1S/C8H6F3N3O.C7H12N4/c9-8(10,11)5-15-7-12-6-3-1-2-4-14(6)13-7;1-10-6-8-7(9-10)11-4-2-3-5-11/h1-4H,5H2;6H,2-5H2,1H3. The van der Waals surface area contributed by atoms with Crippen molar-refractivity contribution in [3.05, 3.63) is 30.7 Å². The molecule has 1 saturated heterocycles. The highest BCUT2D eigenvalue weighted by Crippen LogP contribution is 2.16. The van der Waals surface area contributed by atoms with E-state index in [9.17, 15) is 13.2 Å². The number of hydrogen-bond donors (Lipinski definition) is 0. The Hall–Kier alpha value is -2.85. The Bertz CT molecular complexity index is 806. The summed E-state index contributed by atoms with van der Waals surface area (Å²) in [5, 5.41) is 7.92. The van der Waals surface area contributed by atoms with Crippen LogP contribution in [0.3, 0.4) is 0 Å². The molecule has 0 radical (unpaired) electrons. The molecule has 1 fully saturated rings. The molecule has 0 amide bonds. The van der Waals surface area contributed by atoms with Gasteiger partial charge < -0.3 is 9.64 Å². The summed E-state index contributed by atoms with van der Waals surface area (Å²) in [7, 11) is 1.90. The van der Waals surface area contributed by atoms with Crippen LogP contribution >= 0.6 is 0 Å². The number of pyridine rings is 1. The first kappa shape index (κ1) is 18.0. The number of halogens is 3. The summed E-state index contributed by atoms with van der Waals surface area (Å²) in [6, 6.07) is 4.73. The molecule has 0 atom stereocenters. The number of fused-ring (bicyclic) bond motifs is 1. The number of nitrogens with zero attached hydrogens (tertiary/aromatic N) is 7. The first-order valence-electron chi connectivity index (χ1n) is 8.02. The minimum absolute atomic E-state index is 0.279. The van der Waals surface area contributed by atoms with Crippen molar-refractivity contribution in [3.8, 4) is 6.01 Å². The van der Waals surface area contributed by atoms with E-state index in [1.165, 1.54) is 17.4 Å². The molecule has 0 aliphatic carbocycles. The van der Waals surface area contributed by atoms with Crippen molar-refractivity contribution in [2.45, 2.75) is 19.0 Å². The van der Waals surface area contributed by atoms with E-state index in [0.29, 0.717) is 5.65 Å². The first-order chi connectivity index (χ1) is 12.4. The molecule has 8 nitrogen and oxygen atoms in total. The van der Waals surface area contributed by atoms with E-state index >= 15 is 0 Å². The van der Waals surface area contributed by atoms with Crippen LogP contribution in [0.15, 0.2) is 30.7 Å². The van der Waals surface area contributed by atoms with Crippen LogP contribution in [-0.2, 0) is 7.05 Å². The summed E-state index contributed by atoms with van der Waals surface area (Å²) < 4.78 is 42.9. The SMILES string of the molecule is Cn1cnc(N2CCCC2)n1.FC(F)(F)COc1nc2ccccn2n1. The fourth-order valence-electron chi connectivity index (χ4n) is 2.41. The molecule has 0 saturated carbocycles. The molecule has 0 bridgehead atoms. The Morgan fingerprint density at radius 2 is 1.92 bits per heavy atom. The number of alkyl halides is 3. The van der Waals surface area contributed by atoms with Gasteiger partial charge in [0, 0.05) is 26.3 Å². The zero-order valence-electron chi connectivity index (χ0n) is 14.1. The van der Waals surface area contributed by atoms with Crippen LogP contribution in [0.5, 0.6) is 6.01 Å². The van der Waals surface area contributed by atoms with Crippen LogP contribution in [0.25, 0.3) is 5.65 Å². The van der Waals surface area contributed by atoms with Gasteiger partial charge in [0.15, 0.2) is 12.3 Å². The molecule has 4 rings (SSSR count). The molecule has 26 heavy (non-hydrogen) atoms. The minimum atomic E-state index is -4.38. The molecule has 0 aromatic carbocycles. The van der Waals surface area contributed by atoms with Gasteiger partial charge in [-0.15, -0.1) is 10.2 Å². The quantitative estimate of drug-likeness (QED) is 0.704. The topological polar surface area (TPSA) is 73.4 Å². The van der Waals surface area contributed by atoms with Crippen LogP contribution in [0.2, 0.25) is 0 Å². The molecule has 3 aromatic heterocycles. The van der Waals surface area contributed by atoms with E-state index in [1.54, 1.807) is 35.4 Å². The normalized spacial score (nSPS) is 14.4. The highest BCUT2D eigenvalue weighted by Gasteiger charge is 2.29. The number of ether oxygens (including phenoxy) is 1. The lowest BCUT2D eigenvalue weighted by molar-refractivity contribution is -0.154. The monoisotopic (exact) mass is 369 g/mol. The molecule has 1 aliphatic rings. The van der Waals surface area contributed by atoms with Crippen molar-refractivity contribution in [1.29, 1.82) is 0 Å². The van der Waals surface area contributed by atoms with Crippen molar-refractivity contribution in [2.24, 2.45) is 7.05 Å². The van der Waals surface area contributed by atoms with Gasteiger partial charge in [0.05, 0.1) is 0 Å². The molecule has 140 valence electrons. The van der Waals surface area contributed by atoms with Crippen molar-refractivity contribution in [3.63, 3.8) is 0 Å². The van der Waals surface area contributed by atoms with E-state index in [0.717, 1.165) is 19.0 Å². The maximum absolute atomic E-state index is 11.8. The van der Waals surface area contributed by atoms with E-state index in [2.05, 4.69) is 29.8 Å². The summed E-state index contributed by atoms with van der Waals surface area (Å²) in [5.74, 6) is 0.880. The Kier molecular flexibility index (Phi) is 5.24. The number of aromatic nitrogens is 6. The van der Waals surface area contributed by atoms with Gasteiger partial charge in [0.25, 0.3) is 0 Å². The fraction of sp³-hybridized carbons (Fsp3) is 0.467. The van der Waals surface area contributed by atoms with Gasteiger partial charge in [-0.05, 0) is 25.0 Å². The second-order valence-corrected chi connectivity index (χ2v) is 5.71. The van der Waals surface area contributed by atoms with Gasteiger partial charge in [-0.1, -0.05) is 6.07 Å². The number of anilines is 1. The van der Waals surface area contributed by atoms with Crippen LogP contribution < -0.4 is 9.64 Å². The van der Waals surface area contributed by atoms with E-state index < -0.39 is 12.8 Å². The Labute approximate surface area is 147 Å². The molecule has 0 spiro atoms. The minimum Gasteiger partial charge on any atom is -0.453 e. The highest BCUT2D eigenvalue weighted by molar-refractivity contribution is 5.37. The average molecular weight is 369 g/mol. The van der Waals surface area contributed by atoms with Crippen molar-refractivity contribution in [1.82, 2.24) is 29.4 Å². The second kappa shape index (κ2) is 7.58. The average Bonchev–Trinajstić information content (AvgIpc) is 3.32. The molecule has 11 heteroatoms. The first-order valence-corrected chi connectivity index (χ1v) is 8.02. The third-order valence-corrected chi connectivity index (χ3v) is 3.56. The lowest BCUT2D eigenvalue weighted by atomic mass is 10.4. The molecule has 0 unspecified atom stereocenters. The molecule has 3 aromatic rings. The van der Waals surface area contributed by atoms with Gasteiger partial charge in [0.1, 0.15) is 6.33 Å². The van der Waals surface area contributed by atoms with Crippen molar-refractivity contribution < 1.29 is 17.9 Å². The summed E-state index contributed by atoms with van der Waals surface area (Å²) >= 11 is 0. The third-order valence-electron chi connectivity index (χ3n) is 3.56. The van der Waals surface area contributed by atoms with Crippen molar-refractivity contribution in [2.75, 3.05) is 24.6 Å². The predicted molar refractivity (Wildman–Crippen MR) is 87.0 cm³/mol. The largest absolute Gasteiger partial charge is 0.453 e. The summed E-state index contributed by atoms with van der Waals surface area (Å²) in [6.07, 6.45) is 1.49. The molecule has 4 heterocycles. The molecular weight excluding hydrogens is 351 g/mol. The molecule has 0 N–H and O–H groups in total. The van der Waals surface area contributed by atoms with Gasteiger partial charge >= 0.3 is 12.2 Å². The summed E-state index contributed by atoms with van der Waals surface area (Å²) in [6.45, 7) is 0.845. The zero-order valence-corrected chi connectivity index (χ0v) is 14.1. The predicted octanol–water partition coefficient (Wildman–Crippen LogP) is 2.09. The Morgan fingerprint density at radius 3 is 2.54 bits per heavy atom. The van der Waals surface area contributed by atoms with Crippen LogP contribution in [-0.4, -0.2) is 55.2 Å². The van der Waals surface area contributed by atoms with Gasteiger partial charge in [-0.25, -0.2) is 9.50 Å². The maximum Gasteiger partial charge on any atom is 0.422 e. The van der Waals surface area contributed by atoms with Crippen LogP contribution in [0, 0.1) is 0 Å². The van der Waals surface area contributed by atoms with Crippen molar-refractivity contribution >= 4 is 11.6 Å². The van der Waals surface area contributed by atoms with E-state index in [1.807, 2.05) is 7.05 Å². The third kappa shape index (κ3) is 4.83. The molecule has 1 aliphatic heterocycles. The van der Waals surface area contributed by atoms with Crippen LogP contribution in [0.4, 0.5) is 19.1 Å². The highest BCUT2D eigenvalue weighted by atomic mass is 19.4.